The number of nitrogens with zero attached hydrogens (tertiary/aromatic N) is 3. The summed E-state index contributed by atoms with van der Waals surface area (Å²) in [5.41, 5.74) is 2.46. The number of carbonyl (C=O) groups is 2. The van der Waals surface area contributed by atoms with Gasteiger partial charge in [0.2, 0.25) is 0 Å². The Labute approximate surface area is 159 Å². The number of imidazole rings is 1. The lowest BCUT2D eigenvalue weighted by molar-refractivity contribution is 0.0745. The zero-order valence-electron chi connectivity index (χ0n) is 15.8. The van der Waals surface area contributed by atoms with E-state index >= 15 is 0 Å². The summed E-state index contributed by atoms with van der Waals surface area (Å²) < 4.78 is 1.96. The van der Waals surface area contributed by atoms with E-state index in [9.17, 15) is 9.59 Å². The van der Waals surface area contributed by atoms with Gasteiger partial charge >= 0.3 is 0 Å². The molecule has 0 saturated heterocycles. The number of nitrogens with one attached hydrogen (secondary N) is 1. The number of hydrogen-bond donors (Lipinski definition) is 1. The molecule has 0 unspecified atom stereocenters. The highest BCUT2D eigenvalue weighted by atomic mass is 16.2. The fourth-order valence-corrected chi connectivity index (χ4v) is 3.65. The van der Waals surface area contributed by atoms with Gasteiger partial charge in [0.25, 0.3) is 11.8 Å². The predicted molar refractivity (Wildman–Crippen MR) is 103 cm³/mol. The van der Waals surface area contributed by atoms with Crippen molar-refractivity contribution < 1.29 is 9.59 Å². The van der Waals surface area contributed by atoms with Gasteiger partial charge in [-0.25, -0.2) is 4.98 Å². The maximum atomic E-state index is 13.2. The molecule has 6 nitrogen and oxygen atoms in total. The maximum Gasteiger partial charge on any atom is 0.287 e. The molecule has 1 N–H and O–H groups in total. The molecule has 0 radical (unpaired) electrons. The van der Waals surface area contributed by atoms with Crippen molar-refractivity contribution in [3.05, 3.63) is 53.1 Å². The summed E-state index contributed by atoms with van der Waals surface area (Å²) in [6.07, 6.45) is 4.91. The third kappa shape index (κ3) is 3.75. The number of benzene rings is 1. The quantitative estimate of drug-likeness (QED) is 0.855. The monoisotopic (exact) mass is 366 g/mol. The van der Waals surface area contributed by atoms with Crippen LogP contribution in [0.4, 0.5) is 0 Å². The molecule has 142 valence electrons. The first-order chi connectivity index (χ1) is 13.2. The van der Waals surface area contributed by atoms with E-state index in [-0.39, 0.29) is 17.9 Å². The van der Waals surface area contributed by atoms with Crippen LogP contribution < -0.4 is 5.32 Å². The summed E-state index contributed by atoms with van der Waals surface area (Å²) in [5.74, 6) is 0.166. The molecule has 0 bridgehead atoms. The third-order valence-corrected chi connectivity index (χ3v) is 5.32. The highest BCUT2D eigenvalue weighted by Crippen LogP contribution is 2.24. The molecular weight excluding hydrogens is 340 g/mol. The van der Waals surface area contributed by atoms with Crippen LogP contribution in [0.15, 0.2) is 30.3 Å². The number of aromatic nitrogens is 2. The van der Waals surface area contributed by atoms with E-state index < -0.39 is 0 Å². The largest absolute Gasteiger partial charge is 0.347 e. The fourth-order valence-electron chi connectivity index (χ4n) is 3.65. The van der Waals surface area contributed by atoms with Crippen molar-refractivity contribution in [2.24, 2.45) is 0 Å². The van der Waals surface area contributed by atoms with Crippen LogP contribution in [0.1, 0.15) is 65.0 Å². The number of carbonyl (C=O) groups excluding carboxylic acids is 2. The molecule has 1 aliphatic carbocycles. The van der Waals surface area contributed by atoms with Crippen LogP contribution in [-0.4, -0.2) is 38.9 Å². The highest BCUT2D eigenvalue weighted by molar-refractivity contribution is 5.97. The zero-order valence-corrected chi connectivity index (χ0v) is 15.8. The lowest BCUT2D eigenvalue weighted by Gasteiger charge is -2.22. The van der Waals surface area contributed by atoms with Crippen molar-refractivity contribution >= 4 is 11.8 Å². The molecule has 0 spiro atoms. The van der Waals surface area contributed by atoms with E-state index in [4.69, 9.17) is 0 Å². The lowest BCUT2D eigenvalue weighted by atomic mass is 10.1. The van der Waals surface area contributed by atoms with E-state index in [0.717, 1.165) is 49.9 Å². The molecule has 6 heteroatoms. The van der Waals surface area contributed by atoms with Gasteiger partial charge in [-0.05, 0) is 44.6 Å². The Bertz CT molecular complexity index is 839. The Kier molecular flexibility index (Phi) is 4.97. The van der Waals surface area contributed by atoms with Gasteiger partial charge in [-0.3, -0.25) is 9.59 Å². The predicted octanol–water partition coefficient (Wildman–Crippen LogP) is 2.77. The van der Waals surface area contributed by atoms with Gasteiger partial charge < -0.3 is 14.8 Å². The molecule has 2 amide bonds. The van der Waals surface area contributed by atoms with Crippen molar-refractivity contribution in [2.45, 2.75) is 58.2 Å². The minimum absolute atomic E-state index is 0.0857. The van der Waals surface area contributed by atoms with Gasteiger partial charge in [0.15, 0.2) is 5.82 Å². The van der Waals surface area contributed by atoms with Gasteiger partial charge in [0.05, 0.1) is 5.69 Å². The van der Waals surface area contributed by atoms with E-state index in [1.54, 1.807) is 4.90 Å². The molecule has 1 saturated carbocycles. The molecule has 2 aliphatic rings. The molecule has 4 rings (SSSR count). The van der Waals surface area contributed by atoms with Gasteiger partial charge in [-0.15, -0.1) is 0 Å². The molecular formula is C21H26N4O2. The van der Waals surface area contributed by atoms with Gasteiger partial charge in [-0.1, -0.05) is 30.3 Å². The Morgan fingerprint density at radius 2 is 2.00 bits per heavy atom. The summed E-state index contributed by atoms with van der Waals surface area (Å²) in [4.78, 5) is 32.2. The molecule has 1 fully saturated rings. The van der Waals surface area contributed by atoms with Crippen molar-refractivity contribution in [1.82, 2.24) is 19.8 Å². The van der Waals surface area contributed by atoms with Crippen LogP contribution in [0.25, 0.3) is 0 Å². The summed E-state index contributed by atoms with van der Waals surface area (Å²) >= 11 is 0. The van der Waals surface area contributed by atoms with E-state index in [1.807, 2.05) is 41.8 Å². The SMILES string of the molecule is CCN(Cc1ccccc1)C(=O)c1nc(C(=O)NC2CC2)n2c1CCCC2. The first kappa shape index (κ1) is 17.8. The molecule has 2 aromatic rings. The van der Waals surface area contributed by atoms with Crippen LogP contribution >= 0.6 is 0 Å². The average molecular weight is 366 g/mol. The van der Waals surface area contributed by atoms with Gasteiger partial charge in [-0.2, -0.15) is 0 Å². The van der Waals surface area contributed by atoms with Crippen LogP contribution in [0, 0.1) is 0 Å². The van der Waals surface area contributed by atoms with Crippen molar-refractivity contribution in [3.8, 4) is 0 Å². The fraction of sp³-hybridized carbons (Fsp3) is 0.476. The lowest BCUT2D eigenvalue weighted by Crippen LogP contribution is -2.31. The van der Waals surface area contributed by atoms with Crippen LogP contribution in [0.2, 0.25) is 0 Å². The number of rotatable bonds is 6. The zero-order chi connectivity index (χ0) is 18.8. The third-order valence-electron chi connectivity index (χ3n) is 5.32. The van der Waals surface area contributed by atoms with Crippen LogP contribution in [0.5, 0.6) is 0 Å². The number of amides is 2. The van der Waals surface area contributed by atoms with Crippen molar-refractivity contribution in [3.63, 3.8) is 0 Å². The summed E-state index contributed by atoms with van der Waals surface area (Å²) in [5, 5.41) is 3.01. The van der Waals surface area contributed by atoms with Crippen LogP contribution in [0.3, 0.4) is 0 Å². The number of fused-ring (bicyclic) bond motifs is 1. The van der Waals surface area contributed by atoms with Crippen LogP contribution in [-0.2, 0) is 19.5 Å². The van der Waals surface area contributed by atoms with Crippen molar-refractivity contribution in [1.29, 1.82) is 0 Å². The normalized spacial score (nSPS) is 15.9. The van der Waals surface area contributed by atoms with E-state index in [0.29, 0.717) is 24.6 Å². The molecule has 1 aliphatic heterocycles. The van der Waals surface area contributed by atoms with Gasteiger partial charge in [0.1, 0.15) is 5.69 Å². The maximum absolute atomic E-state index is 13.2. The first-order valence-corrected chi connectivity index (χ1v) is 9.91. The smallest absolute Gasteiger partial charge is 0.287 e. The molecule has 1 aromatic heterocycles. The Morgan fingerprint density at radius 3 is 2.70 bits per heavy atom. The molecule has 0 atom stereocenters. The summed E-state index contributed by atoms with van der Waals surface area (Å²) in [6, 6.07) is 10.2. The molecule has 27 heavy (non-hydrogen) atoms. The first-order valence-electron chi connectivity index (χ1n) is 9.91. The van der Waals surface area contributed by atoms with Crippen molar-refractivity contribution in [2.75, 3.05) is 6.54 Å². The summed E-state index contributed by atoms with van der Waals surface area (Å²) in [6.45, 7) is 3.88. The minimum Gasteiger partial charge on any atom is -0.347 e. The highest BCUT2D eigenvalue weighted by Gasteiger charge is 2.31. The average Bonchev–Trinajstić information content (AvgIpc) is 3.43. The second kappa shape index (κ2) is 7.55. The Morgan fingerprint density at radius 1 is 1.22 bits per heavy atom. The Hall–Kier alpha value is -2.63. The topological polar surface area (TPSA) is 67.2 Å². The second-order valence-electron chi connectivity index (χ2n) is 7.39. The standard InChI is InChI=1S/C21H26N4O2/c1-2-24(14-15-8-4-3-5-9-15)21(27)18-17-10-6-7-13-25(17)19(23-18)20(26)22-16-11-12-16/h3-5,8-9,16H,2,6-7,10-14H2,1H3,(H,22,26). The minimum atomic E-state index is -0.147. The summed E-state index contributed by atoms with van der Waals surface area (Å²) in [7, 11) is 0. The van der Waals surface area contributed by atoms with E-state index in [2.05, 4.69) is 10.3 Å². The number of hydrogen-bond acceptors (Lipinski definition) is 3. The van der Waals surface area contributed by atoms with Gasteiger partial charge in [0, 0.05) is 25.7 Å². The molecule has 2 heterocycles. The second-order valence-corrected chi connectivity index (χ2v) is 7.39. The Balaban J connectivity index is 1.62. The van der Waals surface area contributed by atoms with E-state index in [1.165, 1.54) is 0 Å². The molecule has 1 aromatic carbocycles.